The van der Waals surface area contributed by atoms with E-state index in [-0.39, 0.29) is 11.8 Å². The standard InChI is InChI=1S/C12H15F2NO2/c13-12(14)17-11-7-2-1-4-9(11)15-8-5-3-6-10(8)16/h1-2,4,7-8,10,12,15-16H,3,5-6H2/t8-,10-/m0/s1. The van der Waals surface area contributed by atoms with Gasteiger partial charge in [-0.25, -0.2) is 0 Å². The van der Waals surface area contributed by atoms with Crippen molar-refractivity contribution in [3.63, 3.8) is 0 Å². The molecule has 2 N–H and O–H groups in total. The highest BCUT2D eigenvalue weighted by Gasteiger charge is 2.25. The Morgan fingerprint density at radius 2 is 2.06 bits per heavy atom. The fraction of sp³-hybridized carbons (Fsp3) is 0.500. The van der Waals surface area contributed by atoms with Crippen LogP contribution >= 0.6 is 0 Å². The average molecular weight is 243 g/mol. The van der Waals surface area contributed by atoms with Crippen molar-refractivity contribution in [2.45, 2.75) is 38.0 Å². The molecule has 0 aliphatic heterocycles. The van der Waals surface area contributed by atoms with Crippen molar-refractivity contribution in [2.75, 3.05) is 5.32 Å². The summed E-state index contributed by atoms with van der Waals surface area (Å²) in [5.41, 5.74) is 0.499. The number of ether oxygens (including phenoxy) is 1. The van der Waals surface area contributed by atoms with Gasteiger partial charge < -0.3 is 15.2 Å². The van der Waals surface area contributed by atoms with Crippen LogP contribution in [0.2, 0.25) is 0 Å². The van der Waals surface area contributed by atoms with Crippen molar-refractivity contribution in [1.82, 2.24) is 0 Å². The number of alkyl halides is 2. The van der Waals surface area contributed by atoms with Crippen LogP contribution < -0.4 is 10.1 Å². The van der Waals surface area contributed by atoms with E-state index in [1.807, 2.05) is 0 Å². The SMILES string of the molecule is O[C@H]1CCC[C@@H]1Nc1ccccc1OC(F)F. The fourth-order valence-electron chi connectivity index (χ4n) is 2.09. The third-order valence-electron chi connectivity index (χ3n) is 2.92. The Morgan fingerprint density at radius 3 is 2.71 bits per heavy atom. The Labute approximate surface area is 98.4 Å². The topological polar surface area (TPSA) is 41.5 Å². The molecule has 2 rings (SSSR count). The highest BCUT2D eigenvalue weighted by molar-refractivity contribution is 5.57. The summed E-state index contributed by atoms with van der Waals surface area (Å²) in [4.78, 5) is 0. The second-order valence-corrected chi connectivity index (χ2v) is 4.12. The fourth-order valence-corrected chi connectivity index (χ4v) is 2.09. The summed E-state index contributed by atoms with van der Waals surface area (Å²) in [6, 6.07) is 6.44. The number of aliphatic hydroxyl groups excluding tert-OH is 1. The molecule has 0 spiro atoms. The molecule has 1 aliphatic rings. The molecular formula is C12H15F2NO2. The van der Waals surface area contributed by atoms with Crippen molar-refractivity contribution in [2.24, 2.45) is 0 Å². The molecule has 0 radical (unpaired) electrons. The van der Waals surface area contributed by atoms with E-state index in [9.17, 15) is 13.9 Å². The molecule has 1 aromatic carbocycles. The molecule has 0 saturated heterocycles. The van der Waals surface area contributed by atoms with Crippen LogP contribution in [0.5, 0.6) is 5.75 Å². The van der Waals surface area contributed by atoms with Gasteiger partial charge in [-0.15, -0.1) is 0 Å². The Hall–Kier alpha value is -1.36. The van der Waals surface area contributed by atoms with Gasteiger partial charge in [0, 0.05) is 0 Å². The highest BCUT2D eigenvalue weighted by Crippen LogP contribution is 2.29. The number of hydrogen-bond acceptors (Lipinski definition) is 3. The van der Waals surface area contributed by atoms with Crippen LogP contribution in [-0.4, -0.2) is 23.9 Å². The lowest BCUT2D eigenvalue weighted by molar-refractivity contribution is -0.0494. The van der Waals surface area contributed by atoms with Crippen LogP contribution in [0.1, 0.15) is 19.3 Å². The van der Waals surface area contributed by atoms with Crippen LogP contribution in [0, 0.1) is 0 Å². The first-order chi connectivity index (χ1) is 8.16. The Balaban J connectivity index is 2.09. The molecule has 17 heavy (non-hydrogen) atoms. The molecule has 0 aromatic heterocycles. The van der Waals surface area contributed by atoms with Crippen LogP contribution in [0.25, 0.3) is 0 Å². The molecule has 1 aliphatic carbocycles. The summed E-state index contributed by atoms with van der Waals surface area (Å²) >= 11 is 0. The zero-order chi connectivity index (χ0) is 12.3. The van der Waals surface area contributed by atoms with Crippen molar-refractivity contribution in [3.05, 3.63) is 24.3 Å². The number of halogens is 2. The van der Waals surface area contributed by atoms with Gasteiger partial charge in [-0.2, -0.15) is 8.78 Å². The predicted molar refractivity (Wildman–Crippen MR) is 60.3 cm³/mol. The molecule has 0 unspecified atom stereocenters. The second-order valence-electron chi connectivity index (χ2n) is 4.12. The molecule has 1 aromatic rings. The molecule has 94 valence electrons. The molecule has 0 amide bonds. The van der Waals surface area contributed by atoms with Gasteiger partial charge in [-0.1, -0.05) is 12.1 Å². The van der Waals surface area contributed by atoms with Gasteiger partial charge in [0.05, 0.1) is 17.8 Å². The van der Waals surface area contributed by atoms with Crippen LogP contribution in [0.3, 0.4) is 0 Å². The first kappa shape index (κ1) is 12.1. The molecule has 1 saturated carbocycles. The summed E-state index contributed by atoms with van der Waals surface area (Å²) in [5, 5.41) is 12.7. The van der Waals surface area contributed by atoms with Crippen LogP contribution in [0.4, 0.5) is 14.5 Å². The van der Waals surface area contributed by atoms with E-state index in [1.165, 1.54) is 6.07 Å². The molecule has 5 heteroatoms. The smallest absolute Gasteiger partial charge is 0.387 e. The van der Waals surface area contributed by atoms with Gasteiger partial charge in [0.1, 0.15) is 5.75 Å². The molecule has 1 fully saturated rings. The van der Waals surface area contributed by atoms with Crippen LogP contribution in [-0.2, 0) is 0 Å². The minimum atomic E-state index is -2.84. The Bertz CT molecular complexity index is 373. The van der Waals surface area contributed by atoms with E-state index in [0.29, 0.717) is 5.69 Å². The summed E-state index contributed by atoms with van der Waals surface area (Å²) in [7, 11) is 0. The van der Waals surface area contributed by atoms with Crippen LogP contribution in [0.15, 0.2) is 24.3 Å². The summed E-state index contributed by atoms with van der Waals surface area (Å²) in [6.45, 7) is -2.84. The number of rotatable bonds is 4. The van der Waals surface area contributed by atoms with Gasteiger partial charge in [-0.3, -0.25) is 0 Å². The minimum absolute atomic E-state index is 0.0857. The number of hydrogen-bond donors (Lipinski definition) is 2. The number of nitrogens with one attached hydrogen (secondary N) is 1. The summed E-state index contributed by atoms with van der Waals surface area (Å²) in [6.07, 6.45) is 2.10. The maximum atomic E-state index is 12.2. The first-order valence-corrected chi connectivity index (χ1v) is 5.65. The Kier molecular flexibility index (Phi) is 3.78. The largest absolute Gasteiger partial charge is 0.433 e. The second kappa shape index (κ2) is 5.31. The zero-order valence-electron chi connectivity index (χ0n) is 9.27. The predicted octanol–water partition coefficient (Wildman–Crippen LogP) is 2.61. The third-order valence-corrected chi connectivity index (χ3v) is 2.92. The van der Waals surface area contributed by atoms with E-state index >= 15 is 0 Å². The lowest BCUT2D eigenvalue weighted by Crippen LogP contribution is -2.28. The van der Waals surface area contributed by atoms with Crippen molar-refractivity contribution >= 4 is 5.69 Å². The van der Waals surface area contributed by atoms with Crippen molar-refractivity contribution < 1.29 is 18.6 Å². The van der Waals surface area contributed by atoms with E-state index < -0.39 is 12.7 Å². The monoisotopic (exact) mass is 243 g/mol. The third kappa shape index (κ3) is 3.06. The first-order valence-electron chi connectivity index (χ1n) is 5.65. The highest BCUT2D eigenvalue weighted by atomic mass is 19.3. The summed E-state index contributed by atoms with van der Waals surface area (Å²) < 4.78 is 28.8. The molecule has 2 atom stereocenters. The maximum absolute atomic E-state index is 12.2. The van der Waals surface area contributed by atoms with Gasteiger partial charge in [0.2, 0.25) is 0 Å². The number of para-hydroxylation sites is 2. The number of anilines is 1. The molecule has 0 bridgehead atoms. The molecular weight excluding hydrogens is 228 g/mol. The average Bonchev–Trinajstić information content (AvgIpc) is 2.67. The lowest BCUT2D eigenvalue weighted by atomic mass is 10.2. The number of aliphatic hydroxyl groups is 1. The van der Waals surface area contributed by atoms with Gasteiger partial charge in [0.25, 0.3) is 0 Å². The van der Waals surface area contributed by atoms with E-state index in [0.717, 1.165) is 19.3 Å². The molecule has 0 heterocycles. The Morgan fingerprint density at radius 1 is 1.29 bits per heavy atom. The zero-order valence-corrected chi connectivity index (χ0v) is 9.27. The number of benzene rings is 1. The van der Waals surface area contributed by atoms with Gasteiger partial charge in [0.15, 0.2) is 0 Å². The maximum Gasteiger partial charge on any atom is 0.387 e. The van der Waals surface area contributed by atoms with Gasteiger partial charge >= 0.3 is 6.61 Å². The van der Waals surface area contributed by atoms with E-state index in [2.05, 4.69) is 10.1 Å². The molecule has 3 nitrogen and oxygen atoms in total. The van der Waals surface area contributed by atoms with E-state index in [1.54, 1.807) is 18.2 Å². The lowest BCUT2D eigenvalue weighted by Gasteiger charge is -2.20. The summed E-state index contributed by atoms with van der Waals surface area (Å²) in [5.74, 6) is 0.113. The van der Waals surface area contributed by atoms with Gasteiger partial charge in [-0.05, 0) is 31.4 Å². The van der Waals surface area contributed by atoms with Crippen molar-refractivity contribution in [3.8, 4) is 5.75 Å². The quantitative estimate of drug-likeness (QED) is 0.854. The minimum Gasteiger partial charge on any atom is -0.433 e. The van der Waals surface area contributed by atoms with E-state index in [4.69, 9.17) is 0 Å². The van der Waals surface area contributed by atoms with Crippen molar-refractivity contribution in [1.29, 1.82) is 0 Å². The normalized spacial score (nSPS) is 24.0.